The van der Waals surface area contributed by atoms with Crippen molar-refractivity contribution in [3.63, 3.8) is 0 Å². The molecule has 0 saturated carbocycles. The second kappa shape index (κ2) is 7.15. The van der Waals surface area contributed by atoms with Crippen molar-refractivity contribution in [2.45, 2.75) is 32.9 Å². The van der Waals surface area contributed by atoms with Crippen molar-refractivity contribution >= 4 is 52.7 Å². The van der Waals surface area contributed by atoms with E-state index in [0.717, 1.165) is 16.0 Å². The maximum absolute atomic E-state index is 13.7. The number of imide groups is 1. The minimum atomic E-state index is -0.847. The fraction of sp³-hybridized carbons (Fsp3) is 0.333. The lowest BCUT2D eigenvalue weighted by Crippen LogP contribution is -2.48. The van der Waals surface area contributed by atoms with Crippen molar-refractivity contribution in [1.82, 2.24) is 5.01 Å². The number of halogens is 2. The smallest absolute Gasteiger partial charge is 0.240 e. The number of hydrazone groups is 1. The molecule has 2 aromatic rings. The summed E-state index contributed by atoms with van der Waals surface area (Å²) >= 11 is 12.3. The molecule has 0 radical (unpaired) electrons. The first-order chi connectivity index (χ1) is 15.1. The lowest BCUT2D eigenvalue weighted by molar-refractivity contribution is -0.136. The molecule has 5 rings (SSSR count). The Balaban J connectivity index is 1.68. The van der Waals surface area contributed by atoms with E-state index in [0.29, 0.717) is 15.7 Å². The molecule has 3 aliphatic heterocycles. The highest BCUT2D eigenvalue weighted by atomic mass is 35.5. The number of hydrogen-bond donors (Lipinski definition) is 0. The maximum atomic E-state index is 13.7. The minimum absolute atomic E-state index is 0.126. The molecule has 0 N–H and O–H groups in total. The van der Waals surface area contributed by atoms with E-state index >= 15 is 0 Å². The Hall–Kier alpha value is -2.70. The molecule has 32 heavy (non-hydrogen) atoms. The number of carbonyl (C=O) groups excluding carboxylic acids is 3. The Morgan fingerprint density at radius 2 is 1.59 bits per heavy atom. The molecule has 2 amide bonds. The monoisotopic (exact) mass is 469 g/mol. The van der Waals surface area contributed by atoms with Gasteiger partial charge in [0.05, 0.1) is 29.8 Å². The third-order valence-electron chi connectivity index (χ3n) is 6.41. The van der Waals surface area contributed by atoms with Crippen molar-refractivity contribution < 1.29 is 14.4 Å². The number of ketones is 1. The van der Waals surface area contributed by atoms with E-state index in [1.165, 1.54) is 18.2 Å². The first-order valence-electron chi connectivity index (χ1n) is 10.4. The third kappa shape index (κ3) is 3.00. The van der Waals surface area contributed by atoms with E-state index in [2.05, 4.69) is 5.10 Å². The number of carbonyl (C=O) groups is 3. The van der Waals surface area contributed by atoms with E-state index < -0.39 is 35.2 Å². The summed E-state index contributed by atoms with van der Waals surface area (Å²) in [5.41, 5.74) is 1.36. The summed E-state index contributed by atoms with van der Waals surface area (Å²) < 4.78 is 0. The predicted molar refractivity (Wildman–Crippen MR) is 123 cm³/mol. The average molecular weight is 470 g/mol. The lowest BCUT2D eigenvalue weighted by atomic mass is 9.79. The largest absolute Gasteiger partial charge is 0.297 e. The predicted octanol–water partition coefficient (Wildman–Crippen LogP) is 4.49. The van der Waals surface area contributed by atoms with Crippen LogP contribution < -0.4 is 4.90 Å². The third-order valence-corrected chi connectivity index (χ3v) is 6.84. The first kappa shape index (κ1) is 21.2. The van der Waals surface area contributed by atoms with E-state index in [1.54, 1.807) is 11.2 Å². The topological polar surface area (TPSA) is 70.0 Å². The van der Waals surface area contributed by atoms with Crippen molar-refractivity contribution in [2.75, 3.05) is 4.90 Å². The van der Waals surface area contributed by atoms with Crippen LogP contribution >= 0.6 is 23.2 Å². The summed E-state index contributed by atoms with van der Waals surface area (Å²) in [6.07, 6.45) is 1.69. The molecule has 2 saturated heterocycles. The molecular weight excluding hydrogens is 449 g/mol. The first-order valence-corrected chi connectivity index (χ1v) is 11.1. The van der Waals surface area contributed by atoms with Crippen molar-refractivity contribution in [2.24, 2.45) is 22.4 Å². The number of anilines is 1. The van der Waals surface area contributed by atoms with E-state index in [1.807, 2.05) is 45.0 Å². The van der Waals surface area contributed by atoms with Gasteiger partial charge >= 0.3 is 0 Å². The molecule has 0 bridgehead atoms. The summed E-state index contributed by atoms with van der Waals surface area (Å²) in [4.78, 5) is 42.1. The number of hydrogen-bond acceptors (Lipinski definition) is 5. The van der Waals surface area contributed by atoms with Gasteiger partial charge < -0.3 is 0 Å². The van der Waals surface area contributed by atoms with Gasteiger partial charge in [0.1, 0.15) is 6.04 Å². The van der Waals surface area contributed by atoms with Gasteiger partial charge in [-0.1, -0.05) is 68.2 Å². The quantitative estimate of drug-likeness (QED) is 0.607. The highest BCUT2D eigenvalue weighted by Gasteiger charge is 2.66. The highest BCUT2D eigenvalue weighted by molar-refractivity contribution is 6.36. The average Bonchev–Trinajstić information content (AvgIpc) is 3.19. The fourth-order valence-electron chi connectivity index (χ4n) is 5.03. The van der Waals surface area contributed by atoms with Crippen LogP contribution in [-0.2, 0) is 14.4 Å². The molecule has 6 nitrogen and oxygen atoms in total. The van der Waals surface area contributed by atoms with Gasteiger partial charge in [-0.25, -0.2) is 4.90 Å². The standard InChI is InChI=1S/C24H21Cl2N3O3/c1-24(2,3)21(30)20-18-17(19-16-7-5-4-6-12(16)11-27-29(19)20)22(31)28(23(18)32)15-9-13(25)8-14(26)10-15/h4-11,17-20H,1-3H3. The summed E-state index contributed by atoms with van der Waals surface area (Å²) in [6, 6.07) is 10.9. The summed E-state index contributed by atoms with van der Waals surface area (Å²) in [6.45, 7) is 5.44. The number of Topliss-reactive ketones (excluding diaryl/α,β-unsaturated/α-hetero) is 1. The molecule has 8 heteroatoms. The van der Waals surface area contributed by atoms with Gasteiger partial charge in [0.25, 0.3) is 0 Å². The van der Waals surface area contributed by atoms with Crippen LogP contribution in [0.4, 0.5) is 5.69 Å². The van der Waals surface area contributed by atoms with Gasteiger partial charge in [0.2, 0.25) is 11.8 Å². The van der Waals surface area contributed by atoms with Crippen LogP contribution in [0.25, 0.3) is 0 Å². The Morgan fingerprint density at radius 1 is 0.969 bits per heavy atom. The Bertz CT molecular complexity index is 1180. The number of fused-ring (bicyclic) bond motifs is 5. The van der Waals surface area contributed by atoms with Crippen LogP contribution in [-0.4, -0.2) is 34.9 Å². The van der Waals surface area contributed by atoms with Crippen LogP contribution in [0.5, 0.6) is 0 Å². The molecule has 2 aromatic carbocycles. The normalized spacial score (nSPS) is 26.3. The highest BCUT2D eigenvalue weighted by Crippen LogP contribution is 2.53. The van der Waals surface area contributed by atoms with Crippen LogP contribution in [0.3, 0.4) is 0 Å². The van der Waals surface area contributed by atoms with Crippen LogP contribution in [0.15, 0.2) is 47.6 Å². The zero-order valence-electron chi connectivity index (χ0n) is 17.8. The molecule has 2 fully saturated rings. The maximum Gasteiger partial charge on any atom is 0.240 e. The van der Waals surface area contributed by atoms with Gasteiger partial charge in [-0.2, -0.15) is 5.10 Å². The molecule has 4 atom stereocenters. The molecule has 0 aliphatic carbocycles. The Labute approximate surface area is 195 Å². The van der Waals surface area contributed by atoms with E-state index in [-0.39, 0.29) is 11.7 Å². The van der Waals surface area contributed by atoms with Crippen molar-refractivity contribution in [3.05, 3.63) is 63.6 Å². The molecule has 164 valence electrons. The molecular formula is C24H21Cl2N3O3. The lowest BCUT2D eigenvalue weighted by Gasteiger charge is -2.35. The number of rotatable bonds is 2. The second-order valence-electron chi connectivity index (χ2n) is 9.45. The van der Waals surface area contributed by atoms with Crippen molar-refractivity contribution in [1.29, 1.82) is 0 Å². The summed E-state index contributed by atoms with van der Waals surface area (Å²) in [5.74, 6) is -2.51. The van der Waals surface area contributed by atoms with Crippen molar-refractivity contribution in [3.8, 4) is 0 Å². The summed E-state index contributed by atoms with van der Waals surface area (Å²) in [5, 5.41) is 6.86. The number of benzene rings is 2. The second-order valence-corrected chi connectivity index (χ2v) is 10.3. The van der Waals surface area contributed by atoms with Gasteiger partial charge in [0.15, 0.2) is 5.78 Å². The minimum Gasteiger partial charge on any atom is -0.297 e. The SMILES string of the molecule is CC(C)(C)C(=O)C1C2C(=O)N(c3cc(Cl)cc(Cl)c3)C(=O)C2C2c3ccccc3C=NN12. The van der Waals surface area contributed by atoms with Crippen LogP contribution in [0.1, 0.15) is 37.9 Å². The number of nitrogens with zero attached hydrogens (tertiary/aromatic N) is 3. The molecule has 0 aromatic heterocycles. The molecule has 0 spiro atoms. The molecule has 3 aliphatic rings. The fourth-order valence-corrected chi connectivity index (χ4v) is 5.55. The molecule has 4 unspecified atom stereocenters. The van der Waals surface area contributed by atoms with Crippen LogP contribution in [0.2, 0.25) is 10.0 Å². The van der Waals surface area contributed by atoms with Gasteiger partial charge in [-0.05, 0) is 29.3 Å². The Kier molecular flexibility index (Phi) is 4.73. The van der Waals surface area contributed by atoms with Gasteiger partial charge in [-0.15, -0.1) is 0 Å². The Morgan fingerprint density at radius 3 is 2.25 bits per heavy atom. The van der Waals surface area contributed by atoms with Gasteiger partial charge in [-0.3, -0.25) is 19.4 Å². The van der Waals surface area contributed by atoms with E-state index in [9.17, 15) is 14.4 Å². The molecule has 3 heterocycles. The number of amides is 2. The van der Waals surface area contributed by atoms with Gasteiger partial charge in [0, 0.05) is 15.5 Å². The van der Waals surface area contributed by atoms with E-state index in [4.69, 9.17) is 23.2 Å². The zero-order valence-corrected chi connectivity index (χ0v) is 19.3. The van der Waals surface area contributed by atoms with Crippen LogP contribution in [0, 0.1) is 17.3 Å². The summed E-state index contributed by atoms with van der Waals surface area (Å²) in [7, 11) is 0. The zero-order chi connectivity index (χ0) is 22.9.